The van der Waals surface area contributed by atoms with Gasteiger partial charge in [-0.3, -0.25) is 4.79 Å². The molecule has 0 spiro atoms. The number of ether oxygens (including phenoxy) is 2. The maximum Gasteiger partial charge on any atom is 0.243 e. The first kappa shape index (κ1) is 16.7. The molecule has 1 aliphatic rings. The Morgan fingerprint density at radius 3 is 2.73 bits per heavy atom. The van der Waals surface area contributed by atoms with Gasteiger partial charge in [0.05, 0.1) is 18.0 Å². The molecule has 0 bridgehead atoms. The molecule has 1 amide bonds. The first-order chi connectivity index (χ1) is 10.4. The minimum Gasteiger partial charge on any atom is -0.491 e. The van der Waals surface area contributed by atoms with Crippen molar-refractivity contribution in [2.75, 3.05) is 40.0 Å². The molecule has 1 heterocycles. The van der Waals surface area contributed by atoms with E-state index < -0.39 is 10.0 Å². The predicted molar refractivity (Wildman–Crippen MR) is 80.3 cm³/mol. The quantitative estimate of drug-likeness (QED) is 0.751. The van der Waals surface area contributed by atoms with Crippen LogP contribution in [0.2, 0.25) is 0 Å². The van der Waals surface area contributed by atoms with Crippen molar-refractivity contribution >= 4 is 15.9 Å². The van der Waals surface area contributed by atoms with Crippen molar-refractivity contribution in [2.24, 2.45) is 0 Å². The molecule has 1 N–H and O–H groups in total. The third kappa shape index (κ3) is 3.76. The summed E-state index contributed by atoms with van der Waals surface area (Å²) in [6.45, 7) is 3.10. The number of piperazine rings is 1. The number of carbonyl (C=O) groups excluding carboxylic acids is 1. The summed E-state index contributed by atoms with van der Waals surface area (Å²) < 4.78 is 36.7. The fraction of sp³-hybridized carbons (Fsp3) is 0.500. The largest absolute Gasteiger partial charge is 0.491 e. The van der Waals surface area contributed by atoms with Crippen LogP contribution in [0.15, 0.2) is 23.1 Å². The molecule has 0 aliphatic carbocycles. The molecule has 1 aromatic rings. The second kappa shape index (κ2) is 7.08. The van der Waals surface area contributed by atoms with E-state index in [1.807, 2.05) is 0 Å². The SMILES string of the molecule is COCCOc1ccc(S(=O)(=O)N2CCNC(=O)C2)cc1C. The highest BCUT2D eigenvalue weighted by Gasteiger charge is 2.29. The summed E-state index contributed by atoms with van der Waals surface area (Å²) in [5.41, 5.74) is 0.721. The molecule has 7 nitrogen and oxygen atoms in total. The zero-order chi connectivity index (χ0) is 16.2. The number of amides is 1. The van der Waals surface area contributed by atoms with Crippen molar-refractivity contribution in [2.45, 2.75) is 11.8 Å². The highest BCUT2D eigenvalue weighted by atomic mass is 32.2. The Hall–Kier alpha value is -1.64. The van der Waals surface area contributed by atoms with Crippen LogP contribution in [-0.2, 0) is 19.6 Å². The Kier molecular flexibility index (Phi) is 5.38. The zero-order valence-corrected chi connectivity index (χ0v) is 13.5. The normalized spacial score (nSPS) is 16.4. The summed E-state index contributed by atoms with van der Waals surface area (Å²) in [5, 5.41) is 2.61. The van der Waals surface area contributed by atoms with Gasteiger partial charge >= 0.3 is 0 Å². The average molecular weight is 328 g/mol. The van der Waals surface area contributed by atoms with E-state index in [9.17, 15) is 13.2 Å². The molecule has 0 atom stereocenters. The van der Waals surface area contributed by atoms with E-state index in [1.165, 1.54) is 10.4 Å². The Morgan fingerprint density at radius 1 is 1.32 bits per heavy atom. The number of methoxy groups -OCH3 is 1. The van der Waals surface area contributed by atoms with Gasteiger partial charge in [0.15, 0.2) is 0 Å². The lowest BCUT2D eigenvalue weighted by Crippen LogP contribution is -2.49. The lowest BCUT2D eigenvalue weighted by atomic mass is 10.2. The molecule has 2 rings (SSSR count). The van der Waals surface area contributed by atoms with Crippen LogP contribution in [0.1, 0.15) is 5.56 Å². The summed E-state index contributed by atoms with van der Waals surface area (Å²) >= 11 is 0. The summed E-state index contributed by atoms with van der Waals surface area (Å²) in [7, 11) is -2.08. The second-order valence-electron chi connectivity index (χ2n) is 4.96. The van der Waals surface area contributed by atoms with Crippen LogP contribution in [-0.4, -0.2) is 58.6 Å². The van der Waals surface area contributed by atoms with Crippen molar-refractivity contribution < 1.29 is 22.7 Å². The summed E-state index contributed by atoms with van der Waals surface area (Å²) in [5.74, 6) is 0.332. The van der Waals surface area contributed by atoms with E-state index in [2.05, 4.69) is 5.32 Å². The number of sulfonamides is 1. The van der Waals surface area contributed by atoms with Gasteiger partial charge in [-0.1, -0.05) is 0 Å². The molecule has 22 heavy (non-hydrogen) atoms. The fourth-order valence-electron chi connectivity index (χ4n) is 2.15. The summed E-state index contributed by atoms with van der Waals surface area (Å²) in [4.78, 5) is 11.5. The fourth-order valence-corrected chi connectivity index (χ4v) is 3.63. The standard InChI is InChI=1S/C14H20N2O5S/c1-11-9-12(3-4-13(11)21-8-7-20-2)22(18,19)16-6-5-15-14(17)10-16/h3-4,9H,5-8,10H2,1-2H3,(H,15,17). The van der Waals surface area contributed by atoms with Gasteiger partial charge in [0.1, 0.15) is 12.4 Å². The van der Waals surface area contributed by atoms with E-state index >= 15 is 0 Å². The van der Waals surface area contributed by atoms with E-state index in [1.54, 1.807) is 26.2 Å². The zero-order valence-electron chi connectivity index (χ0n) is 12.7. The molecular weight excluding hydrogens is 308 g/mol. The Bertz CT molecular complexity index is 645. The van der Waals surface area contributed by atoms with Crippen molar-refractivity contribution in [1.82, 2.24) is 9.62 Å². The van der Waals surface area contributed by atoms with Gasteiger partial charge in [0, 0.05) is 20.2 Å². The number of carbonyl (C=O) groups is 1. The van der Waals surface area contributed by atoms with Crippen LogP contribution in [0.3, 0.4) is 0 Å². The number of nitrogens with zero attached hydrogens (tertiary/aromatic N) is 1. The molecule has 0 radical (unpaired) electrons. The van der Waals surface area contributed by atoms with Gasteiger partial charge in [-0.15, -0.1) is 0 Å². The number of rotatable bonds is 6. The van der Waals surface area contributed by atoms with E-state index in [-0.39, 0.29) is 23.9 Å². The van der Waals surface area contributed by atoms with Gasteiger partial charge in [-0.25, -0.2) is 8.42 Å². The first-order valence-electron chi connectivity index (χ1n) is 6.94. The molecule has 1 aromatic carbocycles. The Balaban J connectivity index is 2.17. The number of benzene rings is 1. The van der Waals surface area contributed by atoms with Crippen LogP contribution in [0.25, 0.3) is 0 Å². The molecule has 1 fully saturated rings. The number of hydrogen-bond acceptors (Lipinski definition) is 5. The molecule has 0 unspecified atom stereocenters. The third-order valence-electron chi connectivity index (χ3n) is 3.33. The molecule has 1 aliphatic heterocycles. The molecule has 8 heteroatoms. The second-order valence-corrected chi connectivity index (χ2v) is 6.90. The minimum atomic E-state index is -3.67. The number of nitrogens with one attached hydrogen (secondary N) is 1. The highest BCUT2D eigenvalue weighted by molar-refractivity contribution is 7.89. The van der Waals surface area contributed by atoms with Crippen molar-refractivity contribution in [3.8, 4) is 5.75 Å². The Labute approximate surface area is 130 Å². The van der Waals surface area contributed by atoms with Gasteiger partial charge in [0.25, 0.3) is 0 Å². The van der Waals surface area contributed by atoms with Crippen LogP contribution in [0.5, 0.6) is 5.75 Å². The van der Waals surface area contributed by atoms with Crippen molar-refractivity contribution in [1.29, 1.82) is 0 Å². The van der Waals surface area contributed by atoms with E-state index in [0.29, 0.717) is 25.5 Å². The first-order valence-corrected chi connectivity index (χ1v) is 8.38. The topological polar surface area (TPSA) is 84.9 Å². The molecule has 0 aromatic heterocycles. The van der Waals surface area contributed by atoms with Crippen LogP contribution >= 0.6 is 0 Å². The number of aryl methyl sites for hydroxylation is 1. The molecular formula is C14H20N2O5S. The molecule has 1 saturated heterocycles. The van der Waals surface area contributed by atoms with E-state index in [4.69, 9.17) is 9.47 Å². The van der Waals surface area contributed by atoms with Crippen LogP contribution < -0.4 is 10.1 Å². The van der Waals surface area contributed by atoms with Gasteiger partial charge in [-0.2, -0.15) is 4.31 Å². The van der Waals surface area contributed by atoms with Gasteiger partial charge in [0.2, 0.25) is 15.9 Å². The average Bonchev–Trinajstić information content (AvgIpc) is 2.49. The summed E-state index contributed by atoms with van der Waals surface area (Å²) in [6.07, 6.45) is 0. The smallest absolute Gasteiger partial charge is 0.243 e. The van der Waals surface area contributed by atoms with Gasteiger partial charge < -0.3 is 14.8 Å². The van der Waals surface area contributed by atoms with Crippen molar-refractivity contribution in [3.63, 3.8) is 0 Å². The molecule has 0 saturated carbocycles. The van der Waals surface area contributed by atoms with Crippen LogP contribution in [0.4, 0.5) is 0 Å². The number of hydrogen-bond donors (Lipinski definition) is 1. The lowest BCUT2D eigenvalue weighted by Gasteiger charge is -2.26. The molecule has 122 valence electrons. The van der Waals surface area contributed by atoms with Crippen LogP contribution in [0, 0.1) is 6.92 Å². The predicted octanol–water partition coefficient (Wildman–Crippen LogP) is 0.141. The maximum atomic E-state index is 12.5. The minimum absolute atomic E-state index is 0.145. The third-order valence-corrected chi connectivity index (χ3v) is 5.17. The maximum absolute atomic E-state index is 12.5. The lowest BCUT2D eigenvalue weighted by molar-refractivity contribution is -0.122. The van der Waals surface area contributed by atoms with Crippen molar-refractivity contribution in [3.05, 3.63) is 23.8 Å². The van der Waals surface area contributed by atoms with Gasteiger partial charge in [-0.05, 0) is 30.7 Å². The highest BCUT2D eigenvalue weighted by Crippen LogP contribution is 2.24. The Morgan fingerprint density at radius 2 is 2.09 bits per heavy atom. The summed E-state index contributed by atoms with van der Waals surface area (Å²) in [6, 6.07) is 4.68. The van der Waals surface area contributed by atoms with E-state index in [0.717, 1.165) is 5.56 Å². The monoisotopic (exact) mass is 328 g/mol.